The zero-order chi connectivity index (χ0) is 13.2. The first-order valence-electron chi connectivity index (χ1n) is 7.30. The van der Waals surface area contributed by atoms with E-state index in [1.54, 1.807) is 0 Å². The van der Waals surface area contributed by atoms with Gasteiger partial charge in [0.15, 0.2) is 0 Å². The van der Waals surface area contributed by atoms with Crippen LogP contribution < -0.4 is 5.32 Å². The summed E-state index contributed by atoms with van der Waals surface area (Å²) >= 11 is 2.02. The van der Waals surface area contributed by atoms with Crippen LogP contribution in [0.4, 0.5) is 0 Å². The number of hydrogen-bond acceptors (Lipinski definition) is 3. The number of nitrogens with one attached hydrogen (secondary N) is 1. The SMILES string of the molecule is CCCC1NC(C)(CC)C(=O)N1C1CCSCC1. The Morgan fingerprint density at radius 3 is 2.61 bits per heavy atom. The highest BCUT2D eigenvalue weighted by Gasteiger charge is 2.48. The van der Waals surface area contributed by atoms with Gasteiger partial charge in [0.1, 0.15) is 0 Å². The summed E-state index contributed by atoms with van der Waals surface area (Å²) in [7, 11) is 0. The standard InChI is InChI=1S/C14H26N2OS/c1-4-6-12-15-14(3,5-2)13(17)16(12)11-7-9-18-10-8-11/h11-12,15H,4-10H2,1-3H3. The summed E-state index contributed by atoms with van der Waals surface area (Å²) in [6.45, 7) is 6.37. The fourth-order valence-corrected chi connectivity index (χ4v) is 4.13. The Balaban J connectivity index is 2.15. The molecule has 2 saturated heterocycles. The van der Waals surface area contributed by atoms with Crippen LogP contribution in [0.15, 0.2) is 0 Å². The van der Waals surface area contributed by atoms with Crippen LogP contribution in [0, 0.1) is 0 Å². The normalized spacial score (nSPS) is 34.3. The van der Waals surface area contributed by atoms with Crippen LogP contribution in [-0.4, -0.2) is 40.1 Å². The fourth-order valence-electron chi connectivity index (χ4n) is 3.05. The fraction of sp³-hybridized carbons (Fsp3) is 0.929. The summed E-state index contributed by atoms with van der Waals surface area (Å²) in [6.07, 6.45) is 5.68. The number of hydrogen-bond donors (Lipinski definition) is 1. The summed E-state index contributed by atoms with van der Waals surface area (Å²) in [5.74, 6) is 2.74. The third kappa shape index (κ3) is 2.55. The average Bonchev–Trinajstić information content (AvgIpc) is 2.64. The molecule has 1 N–H and O–H groups in total. The average molecular weight is 270 g/mol. The molecular formula is C14H26N2OS. The lowest BCUT2D eigenvalue weighted by Gasteiger charge is -2.35. The molecule has 3 nitrogen and oxygen atoms in total. The van der Waals surface area contributed by atoms with Crippen molar-refractivity contribution in [3.8, 4) is 0 Å². The van der Waals surface area contributed by atoms with Crippen molar-refractivity contribution in [1.29, 1.82) is 0 Å². The maximum atomic E-state index is 12.7. The molecule has 2 heterocycles. The highest BCUT2D eigenvalue weighted by Crippen LogP contribution is 2.32. The van der Waals surface area contributed by atoms with E-state index in [-0.39, 0.29) is 11.7 Å². The maximum absolute atomic E-state index is 12.7. The molecule has 4 heteroatoms. The molecule has 0 aromatic heterocycles. The van der Waals surface area contributed by atoms with Gasteiger partial charge in [0, 0.05) is 6.04 Å². The van der Waals surface area contributed by atoms with E-state index >= 15 is 0 Å². The van der Waals surface area contributed by atoms with Crippen molar-refractivity contribution in [2.24, 2.45) is 0 Å². The molecule has 0 aliphatic carbocycles. The Bertz CT molecular complexity index is 304. The van der Waals surface area contributed by atoms with Gasteiger partial charge in [-0.05, 0) is 44.1 Å². The molecule has 0 aromatic carbocycles. The molecule has 104 valence electrons. The molecule has 0 bridgehead atoms. The van der Waals surface area contributed by atoms with Gasteiger partial charge < -0.3 is 4.90 Å². The van der Waals surface area contributed by atoms with Gasteiger partial charge in [-0.3, -0.25) is 10.1 Å². The van der Waals surface area contributed by atoms with Gasteiger partial charge in [-0.25, -0.2) is 0 Å². The minimum Gasteiger partial charge on any atom is -0.323 e. The van der Waals surface area contributed by atoms with Crippen molar-refractivity contribution in [3.05, 3.63) is 0 Å². The van der Waals surface area contributed by atoms with Gasteiger partial charge in [0.05, 0.1) is 11.7 Å². The summed E-state index contributed by atoms with van der Waals surface area (Å²) in [4.78, 5) is 14.9. The molecule has 2 atom stereocenters. The van der Waals surface area contributed by atoms with Crippen LogP contribution in [0.3, 0.4) is 0 Å². The molecule has 2 rings (SSSR count). The third-order valence-corrected chi connectivity index (χ3v) is 5.43. The molecule has 2 unspecified atom stereocenters. The van der Waals surface area contributed by atoms with Crippen LogP contribution in [0.25, 0.3) is 0 Å². The van der Waals surface area contributed by atoms with Crippen molar-refractivity contribution < 1.29 is 4.79 Å². The lowest BCUT2D eigenvalue weighted by molar-refractivity contribution is -0.135. The second-order valence-electron chi connectivity index (χ2n) is 5.69. The Morgan fingerprint density at radius 1 is 1.39 bits per heavy atom. The lowest BCUT2D eigenvalue weighted by atomic mass is 9.98. The van der Waals surface area contributed by atoms with Crippen LogP contribution in [0.1, 0.15) is 52.9 Å². The maximum Gasteiger partial charge on any atom is 0.244 e. The van der Waals surface area contributed by atoms with E-state index in [1.165, 1.54) is 11.5 Å². The van der Waals surface area contributed by atoms with Crippen molar-refractivity contribution in [1.82, 2.24) is 10.2 Å². The Morgan fingerprint density at radius 2 is 2.06 bits per heavy atom. The Kier molecular flexibility index (Phi) is 4.59. The summed E-state index contributed by atoms with van der Waals surface area (Å²) in [5.41, 5.74) is -0.329. The van der Waals surface area contributed by atoms with Gasteiger partial charge in [0.25, 0.3) is 0 Å². The minimum absolute atomic E-state index is 0.264. The zero-order valence-electron chi connectivity index (χ0n) is 11.9. The highest BCUT2D eigenvalue weighted by atomic mass is 32.2. The molecule has 0 saturated carbocycles. The highest BCUT2D eigenvalue weighted by molar-refractivity contribution is 7.99. The molecule has 2 aliphatic heterocycles. The molecule has 2 aliphatic rings. The van der Waals surface area contributed by atoms with E-state index in [0.717, 1.165) is 32.1 Å². The van der Waals surface area contributed by atoms with E-state index in [4.69, 9.17) is 0 Å². The second-order valence-corrected chi connectivity index (χ2v) is 6.92. The smallest absolute Gasteiger partial charge is 0.244 e. The number of carbonyl (C=O) groups excluding carboxylic acids is 1. The molecule has 1 amide bonds. The molecule has 18 heavy (non-hydrogen) atoms. The first-order chi connectivity index (χ1) is 8.62. The monoisotopic (exact) mass is 270 g/mol. The van der Waals surface area contributed by atoms with Crippen LogP contribution in [0.2, 0.25) is 0 Å². The Labute approximate surface area is 115 Å². The van der Waals surface area contributed by atoms with Crippen LogP contribution in [0.5, 0.6) is 0 Å². The minimum atomic E-state index is -0.329. The molecular weight excluding hydrogens is 244 g/mol. The lowest BCUT2D eigenvalue weighted by Crippen LogP contribution is -2.46. The van der Waals surface area contributed by atoms with Crippen molar-refractivity contribution in [3.63, 3.8) is 0 Å². The van der Waals surface area contributed by atoms with Gasteiger partial charge in [0.2, 0.25) is 5.91 Å². The first-order valence-corrected chi connectivity index (χ1v) is 8.46. The van der Waals surface area contributed by atoms with Gasteiger partial charge in [-0.15, -0.1) is 0 Å². The summed E-state index contributed by atoms with van der Waals surface area (Å²) in [5, 5.41) is 3.58. The van der Waals surface area contributed by atoms with Gasteiger partial charge >= 0.3 is 0 Å². The van der Waals surface area contributed by atoms with E-state index in [1.807, 2.05) is 11.8 Å². The first kappa shape index (κ1) is 14.2. The second kappa shape index (κ2) is 5.83. The molecule has 0 aromatic rings. The van der Waals surface area contributed by atoms with Crippen molar-refractivity contribution in [2.45, 2.75) is 70.6 Å². The zero-order valence-corrected chi connectivity index (χ0v) is 12.7. The quantitative estimate of drug-likeness (QED) is 0.852. The number of rotatable bonds is 4. The van der Waals surface area contributed by atoms with E-state index in [0.29, 0.717) is 11.9 Å². The van der Waals surface area contributed by atoms with Crippen molar-refractivity contribution >= 4 is 17.7 Å². The summed E-state index contributed by atoms with van der Waals surface area (Å²) < 4.78 is 0. The topological polar surface area (TPSA) is 32.3 Å². The van der Waals surface area contributed by atoms with E-state index in [2.05, 4.69) is 31.0 Å². The number of carbonyl (C=O) groups is 1. The summed E-state index contributed by atoms with van der Waals surface area (Å²) in [6, 6.07) is 0.469. The largest absolute Gasteiger partial charge is 0.323 e. The molecule has 2 fully saturated rings. The predicted octanol–water partition coefficient (Wildman–Crippen LogP) is 2.61. The van der Waals surface area contributed by atoms with Gasteiger partial charge in [-0.1, -0.05) is 20.3 Å². The van der Waals surface area contributed by atoms with E-state index < -0.39 is 0 Å². The number of nitrogens with zero attached hydrogens (tertiary/aromatic N) is 1. The molecule has 0 spiro atoms. The van der Waals surface area contributed by atoms with Crippen LogP contribution in [-0.2, 0) is 4.79 Å². The predicted molar refractivity (Wildman–Crippen MR) is 77.7 cm³/mol. The molecule has 0 radical (unpaired) electrons. The number of amides is 1. The van der Waals surface area contributed by atoms with Crippen molar-refractivity contribution in [2.75, 3.05) is 11.5 Å². The van der Waals surface area contributed by atoms with Gasteiger partial charge in [-0.2, -0.15) is 11.8 Å². The van der Waals surface area contributed by atoms with Crippen LogP contribution >= 0.6 is 11.8 Å². The third-order valence-electron chi connectivity index (χ3n) is 4.38. The number of thioether (sulfide) groups is 1. The van der Waals surface area contributed by atoms with E-state index in [9.17, 15) is 4.79 Å². The Hall–Kier alpha value is -0.220.